The molecular weight excluding hydrogens is 232 g/mol. The predicted molar refractivity (Wildman–Crippen MR) is 70.1 cm³/mol. The van der Waals surface area contributed by atoms with Gasteiger partial charge in [0, 0.05) is 13.7 Å². The molecule has 0 heterocycles. The van der Waals surface area contributed by atoms with Gasteiger partial charge in [-0.1, -0.05) is 13.3 Å². The molecule has 0 spiro atoms. The van der Waals surface area contributed by atoms with Crippen molar-refractivity contribution < 1.29 is 14.6 Å². The summed E-state index contributed by atoms with van der Waals surface area (Å²) in [6.45, 7) is 2.67. The Kier molecular flexibility index (Phi) is 6.05. The third-order valence-corrected chi connectivity index (χ3v) is 3.89. The van der Waals surface area contributed by atoms with E-state index in [9.17, 15) is 9.90 Å². The summed E-state index contributed by atoms with van der Waals surface area (Å²) in [5.41, 5.74) is 4.86. The molecule has 106 valence electrons. The van der Waals surface area contributed by atoms with Crippen molar-refractivity contribution in [2.75, 3.05) is 20.3 Å². The Morgan fingerprint density at radius 2 is 2.17 bits per heavy atom. The van der Waals surface area contributed by atoms with E-state index in [4.69, 9.17) is 10.5 Å². The fourth-order valence-corrected chi connectivity index (χ4v) is 2.44. The molecule has 0 aromatic heterocycles. The van der Waals surface area contributed by atoms with Gasteiger partial charge in [0.25, 0.3) is 0 Å². The van der Waals surface area contributed by atoms with Crippen LogP contribution in [0.2, 0.25) is 0 Å². The normalized spacial score (nSPS) is 29.9. The third kappa shape index (κ3) is 4.55. The molecule has 18 heavy (non-hydrogen) atoms. The quantitative estimate of drug-likeness (QED) is 0.644. The average molecular weight is 258 g/mol. The molecule has 4 N–H and O–H groups in total. The zero-order valence-electron chi connectivity index (χ0n) is 11.4. The van der Waals surface area contributed by atoms with Gasteiger partial charge in [0.2, 0.25) is 5.91 Å². The van der Waals surface area contributed by atoms with Gasteiger partial charge in [0.1, 0.15) is 6.04 Å². The standard InChI is InChI=1S/C13H26N2O3/c1-3-10-4-6-13(17,7-5-10)9-15-12(16)11(14)8-18-2/h10-11,17H,3-9,14H2,1-2H3,(H,15,16). The first-order valence-electron chi connectivity index (χ1n) is 6.75. The van der Waals surface area contributed by atoms with Crippen molar-refractivity contribution in [1.29, 1.82) is 0 Å². The maximum atomic E-state index is 11.6. The Balaban J connectivity index is 2.32. The second-order valence-electron chi connectivity index (χ2n) is 5.36. The minimum absolute atomic E-state index is 0.197. The maximum absolute atomic E-state index is 11.6. The smallest absolute Gasteiger partial charge is 0.239 e. The number of hydrogen-bond donors (Lipinski definition) is 3. The lowest BCUT2D eigenvalue weighted by Crippen LogP contribution is -2.50. The molecule has 1 aliphatic rings. The minimum atomic E-state index is -0.756. The van der Waals surface area contributed by atoms with Crippen LogP contribution in [0.15, 0.2) is 0 Å². The Morgan fingerprint density at radius 1 is 1.56 bits per heavy atom. The molecule has 5 heteroatoms. The highest BCUT2D eigenvalue weighted by atomic mass is 16.5. The summed E-state index contributed by atoms with van der Waals surface area (Å²) in [4.78, 5) is 11.6. The Hall–Kier alpha value is -0.650. The van der Waals surface area contributed by atoms with Crippen LogP contribution in [0, 0.1) is 5.92 Å². The number of methoxy groups -OCH3 is 1. The van der Waals surface area contributed by atoms with Crippen molar-refractivity contribution in [2.24, 2.45) is 11.7 Å². The fraction of sp³-hybridized carbons (Fsp3) is 0.923. The average Bonchev–Trinajstić information content (AvgIpc) is 2.37. The zero-order valence-corrected chi connectivity index (χ0v) is 11.4. The minimum Gasteiger partial charge on any atom is -0.388 e. The van der Waals surface area contributed by atoms with E-state index in [-0.39, 0.29) is 12.5 Å². The van der Waals surface area contributed by atoms with E-state index in [0.717, 1.165) is 31.6 Å². The lowest BCUT2D eigenvalue weighted by molar-refractivity contribution is -0.125. The molecule has 0 bridgehead atoms. The number of aliphatic hydroxyl groups is 1. The van der Waals surface area contributed by atoms with Gasteiger partial charge in [-0.3, -0.25) is 4.79 Å². The molecule has 1 rings (SSSR count). The summed E-state index contributed by atoms with van der Waals surface area (Å²) in [6.07, 6.45) is 4.75. The Morgan fingerprint density at radius 3 is 2.67 bits per heavy atom. The molecule has 1 aliphatic carbocycles. The first kappa shape index (κ1) is 15.4. The number of nitrogens with two attached hydrogens (primary N) is 1. The second kappa shape index (κ2) is 7.07. The lowest BCUT2D eigenvalue weighted by Gasteiger charge is -2.36. The van der Waals surface area contributed by atoms with Crippen molar-refractivity contribution in [2.45, 2.75) is 50.7 Å². The second-order valence-corrected chi connectivity index (χ2v) is 5.36. The molecule has 1 fully saturated rings. The highest BCUT2D eigenvalue weighted by molar-refractivity contribution is 5.81. The number of amides is 1. The van der Waals surface area contributed by atoms with Crippen LogP contribution in [0.1, 0.15) is 39.0 Å². The van der Waals surface area contributed by atoms with E-state index in [1.807, 2.05) is 0 Å². The number of ether oxygens (including phenoxy) is 1. The van der Waals surface area contributed by atoms with Gasteiger partial charge in [-0.25, -0.2) is 0 Å². The Labute approximate surface area is 109 Å². The van der Waals surface area contributed by atoms with Crippen LogP contribution >= 0.6 is 0 Å². The van der Waals surface area contributed by atoms with Crippen molar-refractivity contribution in [3.05, 3.63) is 0 Å². The number of rotatable bonds is 6. The molecule has 1 amide bonds. The van der Waals surface area contributed by atoms with Crippen molar-refractivity contribution in [1.82, 2.24) is 5.32 Å². The van der Waals surface area contributed by atoms with Crippen LogP contribution in [-0.2, 0) is 9.53 Å². The van der Waals surface area contributed by atoms with E-state index < -0.39 is 11.6 Å². The van der Waals surface area contributed by atoms with Crippen LogP contribution in [0.4, 0.5) is 0 Å². The molecule has 1 saturated carbocycles. The van der Waals surface area contributed by atoms with Crippen LogP contribution in [0.3, 0.4) is 0 Å². The van der Waals surface area contributed by atoms with Gasteiger partial charge in [-0.2, -0.15) is 0 Å². The van der Waals surface area contributed by atoms with Gasteiger partial charge in [-0.15, -0.1) is 0 Å². The molecule has 1 unspecified atom stereocenters. The highest BCUT2D eigenvalue weighted by Gasteiger charge is 2.33. The number of carbonyl (C=O) groups excluding carboxylic acids is 1. The van der Waals surface area contributed by atoms with E-state index >= 15 is 0 Å². The molecule has 0 aromatic carbocycles. The van der Waals surface area contributed by atoms with Crippen LogP contribution in [0.5, 0.6) is 0 Å². The molecule has 5 nitrogen and oxygen atoms in total. The van der Waals surface area contributed by atoms with Crippen molar-refractivity contribution >= 4 is 5.91 Å². The molecular formula is C13H26N2O3. The SMILES string of the molecule is CCC1CCC(O)(CNC(=O)C(N)COC)CC1. The molecule has 0 radical (unpaired) electrons. The largest absolute Gasteiger partial charge is 0.388 e. The van der Waals surface area contributed by atoms with E-state index in [2.05, 4.69) is 12.2 Å². The van der Waals surface area contributed by atoms with E-state index in [1.165, 1.54) is 13.5 Å². The van der Waals surface area contributed by atoms with Gasteiger partial charge in [-0.05, 0) is 31.6 Å². The van der Waals surface area contributed by atoms with Crippen molar-refractivity contribution in [3.63, 3.8) is 0 Å². The Bertz CT molecular complexity index is 263. The topological polar surface area (TPSA) is 84.6 Å². The first-order valence-corrected chi connectivity index (χ1v) is 6.75. The van der Waals surface area contributed by atoms with Crippen LogP contribution < -0.4 is 11.1 Å². The van der Waals surface area contributed by atoms with Gasteiger partial charge >= 0.3 is 0 Å². The fourth-order valence-electron chi connectivity index (χ4n) is 2.44. The van der Waals surface area contributed by atoms with Crippen molar-refractivity contribution in [3.8, 4) is 0 Å². The predicted octanol–water partition coefficient (Wildman–Crippen LogP) is 0.408. The van der Waals surface area contributed by atoms with E-state index in [0.29, 0.717) is 6.54 Å². The molecule has 0 aromatic rings. The highest BCUT2D eigenvalue weighted by Crippen LogP contribution is 2.33. The monoisotopic (exact) mass is 258 g/mol. The zero-order chi connectivity index (χ0) is 13.6. The third-order valence-electron chi connectivity index (χ3n) is 3.89. The first-order chi connectivity index (χ1) is 8.50. The van der Waals surface area contributed by atoms with Gasteiger partial charge in [0.05, 0.1) is 12.2 Å². The molecule has 0 aliphatic heterocycles. The van der Waals surface area contributed by atoms with Gasteiger partial charge < -0.3 is 20.9 Å². The summed E-state index contributed by atoms with van der Waals surface area (Å²) >= 11 is 0. The van der Waals surface area contributed by atoms with E-state index in [1.54, 1.807) is 0 Å². The van der Waals surface area contributed by atoms with Crippen LogP contribution in [-0.4, -0.2) is 42.9 Å². The summed E-state index contributed by atoms with van der Waals surface area (Å²) < 4.78 is 4.82. The number of nitrogens with one attached hydrogen (secondary N) is 1. The number of carbonyl (C=O) groups is 1. The summed E-state index contributed by atoms with van der Waals surface area (Å²) in [5, 5.41) is 13.1. The summed E-state index contributed by atoms with van der Waals surface area (Å²) in [7, 11) is 1.51. The summed E-state index contributed by atoms with van der Waals surface area (Å²) in [5.74, 6) is 0.458. The summed E-state index contributed by atoms with van der Waals surface area (Å²) in [6, 6.07) is -0.661. The number of hydrogen-bond acceptors (Lipinski definition) is 4. The van der Waals surface area contributed by atoms with Gasteiger partial charge in [0.15, 0.2) is 0 Å². The lowest BCUT2D eigenvalue weighted by atomic mass is 9.78. The maximum Gasteiger partial charge on any atom is 0.239 e. The van der Waals surface area contributed by atoms with Crippen LogP contribution in [0.25, 0.3) is 0 Å². The molecule has 0 saturated heterocycles. The molecule has 1 atom stereocenters.